The molecule has 1 aromatic heterocycles. The number of sulfonamides is 1. The zero-order valence-electron chi connectivity index (χ0n) is 11.0. The molecule has 108 valence electrons. The van der Waals surface area contributed by atoms with Crippen molar-refractivity contribution in [1.29, 1.82) is 0 Å². The summed E-state index contributed by atoms with van der Waals surface area (Å²) in [5.41, 5.74) is 0. The lowest BCUT2D eigenvalue weighted by atomic mass is 10.1. The van der Waals surface area contributed by atoms with E-state index in [4.69, 9.17) is 23.2 Å². The van der Waals surface area contributed by atoms with Gasteiger partial charge >= 0.3 is 0 Å². The molecule has 1 rings (SSSR count). The maximum atomic E-state index is 12.1. The topological polar surface area (TPSA) is 59.1 Å². The van der Waals surface area contributed by atoms with Crippen molar-refractivity contribution in [2.24, 2.45) is 0 Å². The van der Waals surface area contributed by atoms with E-state index in [1.165, 1.54) is 12.3 Å². The highest BCUT2D eigenvalue weighted by atomic mass is 35.5. The van der Waals surface area contributed by atoms with E-state index < -0.39 is 10.0 Å². The molecule has 0 saturated carbocycles. The van der Waals surface area contributed by atoms with E-state index in [1.54, 1.807) is 0 Å². The predicted molar refractivity (Wildman–Crippen MR) is 78.2 cm³/mol. The molecule has 0 aliphatic heterocycles. The maximum Gasteiger partial charge on any atom is 0.242 e. The highest BCUT2D eigenvalue weighted by Gasteiger charge is 2.18. The van der Waals surface area contributed by atoms with Crippen LogP contribution in [-0.4, -0.2) is 19.4 Å². The van der Waals surface area contributed by atoms with E-state index in [2.05, 4.69) is 16.6 Å². The maximum absolute atomic E-state index is 12.1. The van der Waals surface area contributed by atoms with Crippen LogP contribution < -0.4 is 4.72 Å². The molecular formula is C12H18Cl2N2O2S. The van der Waals surface area contributed by atoms with Gasteiger partial charge in [0.05, 0.1) is 5.02 Å². The van der Waals surface area contributed by atoms with Gasteiger partial charge in [-0.3, -0.25) is 0 Å². The number of hydrogen-bond donors (Lipinski definition) is 1. The molecule has 0 bridgehead atoms. The van der Waals surface area contributed by atoms with Crippen LogP contribution >= 0.6 is 23.2 Å². The number of halogens is 2. The fourth-order valence-electron chi connectivity index (χ4n) is 1.64. The third-order valence-corrected chi connectivity index (χ3v) is 4.92. The molecule has 1 aromatic rings. The lowest BCUT2D eigenvalue weighted by molar-refractivity contribution is 0.527. The van der Waals surface area contributed by atoms with Gasteiger partial charge in [-0.1, -0.05) is 49.4 Å². The first-order chi connectivity index (χ1) is 8.86. The average Bonchev–Trinajstić information content (AvgIpc) is 2.32. The molecule has 0 aromatic carbocycles. The van der Waals surface area contributed by atoms with E-state index >= 15 is 0 Å². The molecule has 1 N–H and O–H groups in total. The SMILES string of the molecule is CCCCCC(C)NS(=O)(=O)c1cnc(Cl)c(Cl)c1. The van der Waals surface area contributed by atoms with Gasteiger partial charge in [-0.25, -0.2) is 18.1 Å². The summed E-state index contributed by atoms with van der Waals surface area (Å²) in [6.45, 7) is 3.95. The summed E-state index contributed by atoms with van der Waals surface area (Å²) in [5, 5.41) is 0.222. The predicted octanol–water partition coefficient (Wildman–Crippen LogP) is 3.64. The van der Waals surface area contributed by atoms with Crippen molar-refractivity contribution in [3.05, 3.63) is 22.4 Å². The van der Waals surface area contributed by atoms with E-state index in [0.717, 1.165) is 25.7 Å². The first-order valence-corrected chi connectivity index (χ1v) is 8.44. The molecule has 7 heteroatoms. The number of aromatic nitrogens is 1. The number of pyridine rings is 1. The molecule has 0 spiro atoms. The van der Waals surface area contributed by atoms with Gasteiger partial charge in [0, 0.05) is 12.2 Å². The fraction of sp³-hybridized carbons (Fsp3) is 0.583. The molecule has 0 fully saturated rings. The van der Waals surface area contributed by atoms with Gasteiger partial charge in [0.2, 0.25) is 10.0 Å². The molecule has 19 heavy (non-hydrogen) atoms. The van der Waals surface area contributed by atoms with E-state index in [0.29, 0.717) is 0 Å². The molecule has 0 aliphatic rings. The van der Waals surface area contributed by atoms with Gasteiger partial charge in [-0.05, 0) is 19.4 Å². The number of hydrogen-bond acceptors (Lipinski definition) is 3. The third-order valence-electron chi connectivity index (χ3n) is 2.68. The van der Waals surface area contributed by atoms with Crippen molar-refractivity contribution in [3.63, 3.8) is 0 Å². The van der Waals surface area contributed by atoms with Crippen LogP contribution in [-0.2, 0) is 10.0 Å². The van der Waals surface area contributed by atoms with Crippen LogP contribution in [0.15, 0.2) is 17.2 Å². The summed E-state index contributed by atoms with van der Waals surface area (Å²) < 4.78 is 26.8. The van der Waals surface area contributed by atoms with Crippen molar-refractivity contribution in [2.45, 2.75) is 50.5 Å². The molecule has 0 aliphatic carbocycles. The zero-order valence-corrected chi connectivity index (χ0v) is 13.3. The van der Waals surface area contributed by atoms with E-state index in [-0.39, 0.29) is 21.1 Å². The van der Waals surface area contributed by atoms with Crippen molar-refractivity contribution < 1.29 is 8.42 Å². The van der Waals surface area contributed by atoms with Gasteiger partial charge in [-0.2, -0.15) is 0 Å². The summed E-state index contributed by atoms with van der Waals surface area (Å²) in [6.07, 6.45) is 5.22. The quantitative estimate of drug-likeness (QED) is 0.615. The van der Waals surface area contributed by atoms with E-state index in [9.17, 15) is 8.42 Å². The Morgan fingerprint density at radius 3 is 2.63 bits per heavy atom. The van der Waals surface area contributed by atoms with Gasteiger partial charge in [-0.15, -0.1) is 0 Å². The lowest BCUT2D eigenvalue weighted by Gasteiger charge is -2.14. The third kappa shape index (κ3) is 5.26. The Hall–Kier alpha value is -0.360. The van der Waals surface area contributed by atoms with Crippen LogP contribution in [0, 0.1) is 0 Å². The van der Waals surface area contributed by atoms with Crippen LogP contribution in [0.3, 0.4) is 0 Å². The minimum atomic E-state index is -3.59. The Bertz CT molecular complexity index is 520. The Morgan fingerprint density at radius 1 is 1.37 bits per heavy atom. The molecule has 1 heterocycles. The molecule has 0 amide bonds. The molecule has 0 radical (unpaired) electrons. The highest BCUT2D eigenvalue weighted by Crippen LogP contribution is 2.22. The number of nitrogens with one attached hydrogen (secondary N) is 1. The first kappa shape index (κ1) is 16.7. The van der Waals surface area contributed by atoms with Crippen molar-refractivity contribution in [2.75, 3.05) is 0 Å². The summed E-state index contributed by atoms with van der Waals surface area (Å²) in [7, 11) is -3.59. The van der Waals surface area contributed by atoms with E-state index in [1.807, 2.05) is 6.92 Å². The molecule has 1 unspecified atom stereocenters. The van der Waals surface area contributed by atoms with Crippen molar-refractivity contribution in [1.82, 2.24) is 9.71 Å². The largest absolute Gasteiger partial charge is 0.242 e. The van der Waals surface area contributed by atoms with Crippen LogP contribution in [0.4, 0.5) is 0 Å². The normalized spacial score (nSPS) is 13.5. The summed E-state index contributed by atoms with van der Waals surface area (Å²) in [4.78, 5) is 3.77. The number of nitrogens with zero attached hydrogens (tertiary/aromatic N) is 1. The Morgan fingerprint density at radius 2 is 2.05 bits per heavy atom. The van der Waals surface area contributed by atoms with Gasteiger partial charge < -0.3 is 0 Å². The van der Waals surface area contributed by atoms with Crippen LogP contribution in [0.5, 0.6) is 0 Å². The van der Waals surface area contributed by atoms with Crippen LogP contribution in [0.2, 0.25) is 10.2 Å². The second kappa shape index (κ2) is 7.43. The van der Waals surface area contributed by atoms with Gasteiger partial charge in [0.15, 0.2) is 0 Å². The summed E-state index contributed by atoms with van der Waals surface area (Å²) in [6, 6.07) is 1.18. The van der Waals surface area contributed by atoms with Gasteiger partial charge in [0.25, 0.3) is 0 Å². The first-order valence-electron chi connectivity index (χ1n) is 6.20. The smallest absolute Gasteiger partial charge is 0.242 e. The molecular weight excluding hydrogens is 307 g/mol. The minimum Gasteiger partial charge on any atom is -0.242 e. The number of unbranched alkanes of at least 4 members (excludes halogenated alkanes) is 2. The average molecular weight is 325 g/mol. The van der Waals surface area contributed by atoms with Gasteiger partial charge in [0.1, 0.15) is 10.0 Å². The van der Waals surface area contributed by atoms with Crippen molar-refractivity contribution >= 4 is 33.2 Å². The monoisotopic (exact) mass is 324 g/mol. The second-order valence-corrected chi connectivity index (χ2v) is 6.94. The highest BCUT2D eigenvalue weighted by molar-refractivity contribution is 7.89. The van der Waals surface area contributed by atoms with Crippen LogP contribution in [0.25, 0.3) is 0 Å². The molecule has 4 nitrogen and oxygen atoms in total. The Labute approximate surface area is 124 Å². The van der Waals surface area contributed by atoms with Crippen molar-refractivity contribution in [3.8, 4) is 0 Å². The molecule has 0 saturated heterocycles. The summed E-state index contributed by atoms with van der Waals surface area (Å²) in [5.74, 6) is 0. The second-order valence-electron chi connectivity index (χ2n) is 4.46. The fourth-order valence-corrected chi connectivity index (χ4v) is 3.23. The van der Waals surface area contributed by atoms with Crippen LogP contribution in [0.1, 0.15) is 39.5 Å². The number of rotatable bonds is 7. The zero-order chi connectivity index (χ0) is 14.5. The summed E-state index contributed by atoms with van der Waals surface area (Å²) >= 11 is 11.4. The Kier molecular flexibility index (Phi) is 6.53. The Balaban J connectivity index is 2.72. The lowest BCUT2D eigenvalue weighted by Crippen LogP contribution is -2.32. The minimum absolute atomic E-state index is 0.0317. The standard InChI is InChI=1S/C12H18Cl2N2O2S/c1-3-4-5-6-9(2)16-19(17,18)10-7-11(13)12(14)15-8-10/h7-9,16H,3-6H2,1-2H3. The molecule has 1 atom stereocenters.